The highest BCUT2D eigenvalue weighted by Crippen LogP contribution is 2.13. The lowest BCUT2D eigenvalue weighted by Crippen LogP contribution is -2.25. The van der Waals surface area contributed by atoms with Gasteiger partial charge < -0.3 is 14.6 Å². The Hall–Kier alpha value is -0.120. The van der Waals surface area contributed by atoms with Gasteiger partial charge in [0.15, 0.2) is 6.29 Å². The molecule has 1 heterocycles. The van der Waals surface area contributed by atoms with Crippen molar-refractivity contribution in [2.24, 2.45) is 0 Å². The molecule has 0 radical (unpaired) electrons. The third-order valence-electron chi connectivity index (χ3n) is 1.66. The van der Waals surface area contributed by atoms with Gasteiger partial charge >= 0.3 is 0 Å². The lowest BCUT2D eigenvalue weighted by Gasteiger charge is -2.23. The van der Waals surface area contributed by atoms with Crippen LogP contribution in [-0.2, 0) is 9.47 Å². The van der Waals surface area contributed by atoms with E-state index in [1.165, 1.54) is 6.42 Å². The van der Waals surface area contributed by atoms with Crippen molar-refractivity contribution >= 4 is 0 Å². The van der Waals surface area contributed by atoms with Crippen molar-refractivity contribution in [3.8, 4) is 0 Å². The average molecular weight is 160 g/mol. The van der Waals surface area contributed by atoms with Gasteiger partial charge in [-0.3, -0.25) is 0 Å². The van der Waals surface area contributed by atoms with Gasteiger partial charge in [-0.05, 0) is 26.2 Å². The first-order valence-electron chi connectivity index (χ1n) is 4.20. The van der Waals surface area contributed by atoms with Crippen molar-refractivity contribution in [2.75, 3.05) is 13.2 Å². The fourth-order valence-electron chi connectivity index (χ4n) is 1.09. The molecule has 3 heteroatoms. The standard InChI is InChI=1S/C8H16O3/c1-7(9)6-11-8-4-2-3-5-10-8/h7-9H,2-6H2,1H3/t7-,8?/m1/s1. The molecule has 1 fully saturated rings. The maximum atomic E-state index is 8.90. The van der Waals surface area contributed by atoms with Crippen LogP contribution in [-0.4, -0.2) is 30.7 Å². The van der Waals surface area contributed by atoms with E-state index in [4.69, 9.17) is 14.6 Å². The summed E-state index contributed by atoms with van der Waals surface area (Å²) in [7, 11) is 0. The van der Waals surface area contributed by atoms with E-state index in [1.807, 2.05) is 0 Å². The Balaban J connectivity index is 2.05. The summed E-state index contributed by atoms with van der Waals surface area (Å²) in [6.07, 6.45) is 2.81. The molecular formula is C8H16O3. The zero-order valence-electron chi connectivity index (χ0n) is 6.95. The molecule has 0 aliphatic carbocycles. The fraction of sp³-hybridized carbons (Fsp3) is 1.00. The van der Waals surface area contributed by atoms with Gasteiger partial charge in [0.2, 0.25) is 0 Å². The Labute approximate surface area is 67.3 Å². The molecule has 0 bridgehead atoms. The summed E-state index contributed by atoms with van der Waals surface area (Å²) >= 11 is 0. The zero-order chi connectivity index (χ0) is 8.10. The van der Waals surface area contributed by atoms with E-state index in [0.29, 0.717) is 6.61 Å². The van der Waals surface area contributed by atoms with Gasteiger partial charge in [-0.15, -0.1) is 0 Å². The van der Waals surface area contributed by atoms with Crippen molar-refractivity contribution in [3.05, 3.63) is 0 Å². The maximum absolute atomic E-state index is 8.90. The molecule has 1 aliphatic heterocycles. The molecule has 1 rings (SSSR count). The van der Waals surface area contributed by atoms with E-state index in [9.17, 15) is 0 Å². The van der Waals surface area contributed by atoms with Crippen LogP contribution in [0, 0.1) is 0 Å². The minimum atomic E-state index is -0.388. The lowest BCUT2D eigenvalue weighted by molar-refractivity contribution is -0.173. The number of rotatable bonds is 3. The molecule has 0 aromatic rings. The van der Waals surface area contributed by atoms with E-state index >= 15 is 0 Å². The van der Waals surface area contributed by atoms with Crippen molar-refractivity contribution in [3.63, 3.8) is 0 Å². The second-order valence-corrected chi connectivity index (χ2v) is 2.98. The van der Waals surface area contributed by atoms with E-state index in [2.05, 4.69) is 0 Å². The molecule has 11 heavy (non-hydrogen) atoms. The lowest BCUT2D eigenvalue weighted by atomic mass is 10.2. The van der Waals surface area contributed by atoms with Crippen LogP contribution in [0.3, 0.4) is 0 Å². The van der Waals surface area contributed by atoms with Crippen LogP contribution >= 0.6 is 0 Å². The van der Waals surface area contributed by atoms with Crippen LogP contribution in [0.5, 0.6) is 0 Å². The molecular weight excluding hydrogens is 144 g/mol. The Bertz CT molecular complexity index is 97.5. The fourth-order valence-corrected chi connectivity index (χ4v) is 1.09. The van der Waals surface area contributed by atoms with Crippen LogP contribution in [0.1, 0.15) is 26.2 Å². The Morgan fingerprint density at radius 1 is 1.64 bits per heavy atom. The van der Waals surface area contributed by atoms with Gasteiger partial charge in [0, 0.05) is 6.61 Å². The van der Waals surface area contributed by atoms with E-state index in [1.54, 1.807) is 6.92 Å². The zero-order valence-corrected chi connectivity index (χ0v) is 6.95. The van der Waals surface area contributed by atoms with Gasteiger partial charge in [-0.25, -0.2) is 0 Å². The highest BCUT2D eigenvalue weighted by atomic mass is 16.7. The highest BCUT2D eigenvalue weighted by Gasteiger charge is 2.14. The smallest absolute Gasteiger partial charge is 0.157 e. The van der Waals surface area contributed by atoms with Gasteiger partial charge in [0.1, 0.15) is 0 Å². The molecule has 1 aliphatic rings. The van der Waals surface area contributed by atoms with Crippen LogP contribution in [0.2, 0.25) is 0 Å². The van der Waals surface area contributed by atoms with Crippen molar-refractivity contribution in [2.45, 2.75) is 38.6 Å². The summed E-state index contributed by atoms with van der Waals surface area (Å²) < 4.78 is 10.6. The number of aliphatic hydroxyl groups is 1. The van der Waals surface area contributed by atoms with Gasteiger partial charge in [-0.1, -0.05) is 0 Å². The van der Waals surface area contributed by atoms with E-state index < -0.39 is 0 Å². The van der Waals surface area contributed by atoms with Crippen LogP contribution in [0.25, 0.3) is 0 Å². The summed E-state index contributed by atoms with van der Waals surface area (Å²) in [6, 6.07) is 0. The second kappa shape index (κ2) is 4.70. The van der Waals surface area contributed by atoms with Gasteiger partial charge in [-0.2, -0.15) is 0 Å². The summed E-state index contributed by atoms with van der Waals surface area (Å²) in [6.45, 7) is 2.89. The van der Waals surface area contributed by atoms with E-state index in [-0.39, 0.29) is 12.4 Å². The maximum Gasteiger partial charge on any atom is 0.157 e. The molecule has 2 atom stereocenters. The number of hydrogen-bond acceptors (Lipinski definition) is 3. The Morgan fingerprint density at radius 2 is 2.45 bits per heavy atom. The molecule has 0 aromatic heterocycles. The SMILES string of the molecule is C[C@@H](O)COC1CCCCO1. The largest absolute Gasteiger partial charge is 0.391 e. The van der Waals surface area contributed by atoms with Gasteiger partial charge in [0.25, 0.3) is 0 Å². The normalized spacial score (nSPS) is 28.4. The van der Waals surface area contributed by atoms with Gasteiger partial charge in [0.05, 0.1) is 12.7 Å². The number of aliphatic hydroxyl groups excluding tert-OH is 1. The molecule has 0 amide bonds. The van der Waals surface area contributed by atoms with E-state index in [0.717, 1.165) is 19.4 Å². The Kier molecular flexibility index (Phi) is 3.83. The van der Waals surface area contributed by atoms with Crippen molar-refractivity contribution in [1.82, 2.24) is 0 Å². The quantitative estimate of drug-likeness (QED) is 0.667. The van der Waals surface area contributed by atoms with Crippen molar-refractivity contribution in [1.29, 1.82) is 0 Å². The third-order valence-corrected chi connectivity index (χ3v) is 1.66. The summed E-state index contributed by atoms with van der Waals surface area (Å²) in [5.74, 6) is 0. The average Bonchev–Trinajstić information content (AvgIpc) is 2.03. The molecule has 66 valence electrons. The summed E-state index contributed by atoms with van der Waals surface area (Å²) in [5, 5.41) is 8.90. The predicted octanol–water partition coefficient (Wildman–Crippen LogP) is 0.910. The first-order chi connectivity index (χ1) is 5.29. The van der Waals surface area contributed by atoms with Crippen molar-refractivity contribution < 1.29 is 14.6 Å². The Morgan fingerprint density at radius 3 is 3.00 bits per heavy atom. The molecule has 1 N–H and O–H groups in total. The minimum Gasteiger partial charge on any atom is -0.391 e. The first-order valence-corrected chi connectivity index (χ1v) is 4.20. The second-order valence-electron chi connectivity index (χ2n) is 2.98. The summed E-state index contributed by atoms with van der Waals surface area (Å²) in [5.41, 5.74) is 0. The summed E-state index contributed by atoms with van der Waals surface area (Å²) in [4.78, 5) is 0. The predicted molar refractivity (Wildman–Crippen MR) is 41.2 cm³/mol. The molecule has 0 spiro atoms. The molecule has 3 nitrogen and oxygen atoms in total. The van der Waals surface area contributed by atoms with Crippen LogP contribution in [0.15, 0.2) is 0 Å². The van der Waals surface area contributed by atoms with Crippen LogP contribution < -0.4 is 0 Å². The number of ether oxygens (including phenoxy) is 2. The first kappa shape index (κ1) is 8.97. The monoisotopic (exact) mass is 160 g/mol. The molecule has 0 aromatic carbocycles. The minimum absolute atomic E-state index is 0.0710. The highest BCUT2D eigenvalue weighted by molar-refractivity contribution is 4.54. The molecule has 1 unspecified atom stereocenters. The third kappa shape index (κ3) is 3.70. The number of hydrogen-bond donors (Lipinski definition) is 1. The molecule has 0 saturated carbocycles. The van der Waals surface area contributed by atoms with Crippen LogP contribution in [0.4, 0.5) is 0 Å². The molecule has 1 saturated heterocycles. The topological polar surface area (TPSA) is 38.7 Å².